The number of hydrogen-bond donors (Lipinski definition) is 2. The minimum atomic E-state index is -0.517. The quantitative estimate of drug-likeness (QED) is 0.209. The average molecular weight is 563 g/mol. The van der Waals surface area contributed by atoms with Crippen molar-refractivity contribution in [2.24, 2.45) is 11.3 Å². The van der Waals surface area contributed by atoms with Gasteiger partial charge in [-0.15, -0.1) is 0 Å². The third-order valence-electron chi connectivity index (χ3n) is 8.60. The van der Waals surface area contributed by atoms with Crippen molar-refractivity contribution < 1.29 is 19.6 Å². The van der Waals surface area contributed by atoms with Crippen molar-refractivity contribution in [2.75, 3.05) is 32.7 Å². The summed E-state index contributed by atoms with van der Waals surface area (Å²) < 4.78 is 0. The standard InChI is InChI=1S/C33H46N4O4/c1-33(2,24-34-31(39)21-29(37(41)25-38)20-26-10-6-7-11-26)22-32(40)36-18-16-35(17-19-36)23-28-14-8-9-15-30(28)27-12-4-3-5-13-27/h3-5,8-9,12-15,25-26,29,41H,6-7,10-11,16-24H2,1-2H3,(H,34,39). The van der Waals surface area contributed by atoms with Crippen LogP contribution in [0.2, 0.25) is 0 Å². The number of carbonyl (C=O) groups excluding carboxylic acids is 3. The second-order valence-electron chi connectivity index (χ2n) is 12.5. The molecule has 41 heavy (non-hydrogen) atoms. The summed E-state index contributed by atoms with van der Waals surface area (Å²) in [5, 5.41) is 13.6. The molecule has 2 fully saturated rings. The van der Waals surface area contributed by atoms with E-state index < -0.39 is 11.5 Å². The highest BCUT2D eigenvalue weighted by Gasteiger charge is 2.30. The zero-order valence-corrected chi connectivity index (χ0v) is 24.6. The summed E-state index contributed by atoms with van der Waals surface area (Å²) in [6.07, 6.45) is 5.91. The first kappa shape index (κ1) is 30.7. The molecule has 0 bridgehead atoms. The zero-order chi connectivity index (χ0) is 29.2. The van der Waals surface area contributed by atoms with Gasteiger partial charge in [0.2, 0.25) is 18.2 Å². The molecule has 1 saturated carbocycles. The number of amides is 3. The normalized spacial score (nSPS) is 17.3. The maximum absolute atomic E-state index is 13.2. The first-order valence-electron chi connectivity index (χ1n) is 15.1. The lowest BCUT2D eigenvalue weighted by Crippen LogP contribution is -2.49. The summed E-state index contributed by atoms with van der Waals surface area (Å²) in [4.78, 5) is 41.4. The van der Waals surface area contributed by atoms with E-state index in [1.165, 1.54) is 16.7 Å². The number of benzene rings is 2. The minimum Gasteiger partial charge on any atom is -0.355 e. The van der Waals surface area contributed by atoms with Crippen LogP contribution in [0.15, 0.2) is 54.6 Å². The van der Waals surface area contributed by atoms with Gasteiger partial charge in [-0.3, -0.25) is 24.5 Å². The van der Waals surface area contributed by atoms with Gasteiger partial charge in [0.25, 0.3) is 0 Å². The van der Waals surface area contributed by atoms with Crippen LogP contribution in [0.5, 0.6) is 0 Å². The van der Waals surface area contributed by atoms with E-state index >= 15 is 0 Å². The van der Waals surface area contributed by atoms with Gasteiger partial charge >= 0.3 is 0 Å². The largest absolute Gasteiger partial charge is 0.355 e. The molecule has 1 saturated heterocycles. The first-order valence-corrected chi connectivity index (χ1v) is 15.1. The summed E-state index contributed by atoms with van der Waals surface area (Å²) in [7, 11) is 0. The summed E-state index contributed by atoms with van der Waals surface area (Å²) in [6.45, 7) is 8.21. The third kappa shape index (κ3) is 9.13. The lowest BCUT2D eigenvalue weighted by Gasteiger charge is -2.36. The highest BCUT2D eigenvalue weighted by atomic mass is 16.5. The van der Waals surface area contributed by atoms with Crippen LogP contribution in [0, 0.1) is 11.3 Å². The van der Waals surface area contributed by atoms with Crippen LogP contribution < -0.4 is 5.32 Å². The predicted octanol–water partition coefficient (Wildman–Crippen LogP) is 4.72. The highest BCUT2D eigenvalue weighted by Crippen LogP contribution is 2.30. The molecular formula is C33H46N4O4. The molecule has 2 aliphatic rings. The Kier molecular flexibility index (Phi) is 10.9. The monoisotopic (exact) mass is 562 g/mol. The molecule has 2 N–H and O–H groups in total. The van der Waals surface area contributed by atoms with Crippen molar-refractivity contribution in [3.05, 3.63) is 60.2 Å². The van der Waals surface area contributed by atoms with Gasteiger partial charge in [-0.1, -0.05) is 94.1 Å². The fraction of sp³-hybridized carbons (Fsp3) is 0.545. The Morgan fingerprint density at radius 3 is 2.37 bits per heavy atom. The van der Waals surface area contributed by atoms with Crippen LogP contribution in [0.25, 0.3) is 11.1 Å². The third-order valence-corrected chi connectivity index (χ3v) is 8.60. The maximum Gasteiger partial charge on any atom is 0.233 e. The van der Waals surface area contributed by atoms with Gasteiger partial charge in [0.05, 0.1) is 6.04 Å². The minimum absolute atomic E-state index is 0.0606. The topological polar surface area (TPSA) is 93.2 Å². The first-order chi connectivity index (χ1) is 19.7. The van der Waals surface area contributed by atoms with Crippen molar-refractivity contribution >= 4 is 18.2 Å². The molecule has 1 aliphatic heterocycles. The van der Waals surface area contributed by atoms with Crippen LogP contribution in [-0.2, 0) is 20.9 Å². The number of rotatable bonds is 13. The molecule has 2 aromatic carbocycles. The van der Waals surface area contributed by atoms with Gasteiger partial charge in [-0.05, 0) is 34.4 Å². The lowest BCUT2D eigenvalue weighted by molar-refractivity contribution is -0.163. The molecule has 1 unspecified atom stereocenters. The van der Waals surface area contributed by atoms with E-state index in [4.69, 9.17) is 0 Å². The van der Waals surface area contributed by atoms with Crippen LogP contribution in [-0.4, -0.2) is 77.1 Å². The molecule has 0 spiro atoms. The van der Waals surface area contributed by atoms with Crippen molar-refractivity contribution in [3.63, 3.8) is 0 Å². The van der Waals surface area contributed by atoms with E-state index in [2.05, 4.69) is 58.7 Å². The van der Waals surface area contributed by atoms with E-state index in [1.54, 1.807) is 0 Å². The van der Waals surface area contributed by atoms with Gasteiger partial charge in [-0.2, -0.15) is 0 Å². The lowest BCUT2D eigenvalue weighted by atomic mass is 9.88. The molecular weight excluding hydrogens is 516 g/mol. The van der Waals surface area contributed by atoms with Crippen LogP contribution in [0.3, 0.4) is 0 Å². The van der Waals surface area contributed by atoms with Gasteiger partial charge in [-0.25, -0.2) is 5.06 Å². The van der Waals surface area contributed by atoms with E-state index in [0.717, 1.165) is 45.3 Å². The zero-order valence-electron chi connectivity index (χ0n) is 24.6. The second kappa shape index (κ2) is 14.6. The Hall–Kier alpha value is -3.23. The number of carbonyl (C=O) groups is 3. The number of nitrogens with zero attached hydrogens (tertiary/aromatic N) is 3. The number of piperazine rings is 1. The molecule has 1 atom stereocenters. The second-order valence-corrected chi connectivity index (χ2v) is 12.5. The average Bonchev–Trinajstić information content (AvgIpc) is 3.49. The Labute approximate surface area is 244 Å². The van der Waals surface area contributed by atoms with Crippen LogP contribution in [0.1, 0.15) is 64.4 Å². The summed E-state index contributed by atoms with van der Waals surface area (Å²) >= 11 is 0. The van der Waals surface area contributed by atoms with E-state index in [1.807, 2.05) is 24.8 Å². The van der Waals surface area contributed by atoms with Gasteiger partial charge < -0.3 is 10.2 Å². The maximum atomic E-state index is 13.2. The molecule has 3 amide bonds. The Morgan fingerprint density at radius 2 is 1.68 bits per heavy atom. The van der Waals surface area contributed by atoms with E-state index in [0.29, 0.717) is 49.9 Å². The molecule has 1 heterocycles. The molecule has 8 heteroatoms. The van der Waals surface area contributed by atoms with E-state index in [9.17, 15) is 19.6 Å². The highest BCUT2D eigenvalue weighted by molar-refractivity contribution is 5.78. The van der Waals surface area contributed by atoms with Crippen molar-refractivity contribution in [1.82, 2.24) is 20.2 Å². The Morgan fingerprint density at radius 1 is 1.02 bits per heavy atom. The van der Waals surface area contributed by atoms with Crippen LogP contribution in [0.4, 0.5) is 0 Å². The van der Waals surface area contributed by atoms with Crippen molar-refractivity contribution in [3.8, 4) is 11.1 Å². The fourth-order valence-electron chi connectivity index (χ4n) is 6.16. The number of hydrogen-bond acceptors (Lipinski definition) is 5. The predicted molar refractivity (Wildman–Crippen MR) is 160 cm³/mol. The Balaban J connectivity index is 1.22. The van der Waals surface area contributed by atoms with Gasteiger partial charge in [0.15, 0.2) is 0 Å². The summed E-state index contributed by atoms with van der Waals surface area (Å²) in [5.41, 5.74) is 3.34. The molecule has 0 aromatic heterocycles. The van der Waals surface area contributed by atoms with E-state index in [-0.39, 0.29) is 18.2 Å². The molecule has 4 rings (SSSR count). The molecule has 8 nitrogen and oxygen atoms in total. The smallest absolute Gasteiger partial charge is 0.233 e. The molecule has 2 aromatic rings. The SMILES string of the molecule is CC(C)(CNC(=O)CC(CC1CCCC1)N(O)C=O)CC(=O)N1CCN(Cc2ccccc2-c2ccccc2)CC1. The Bertz CT molecular complexity index is 1140. The fourth-order valence-corrected chi connectivity index (χ4v) is 6.16. The number of nitrogens with one attached hydrogen (secondary N) is 1. The van der Waals surface area contributed by atoms with Gasteiger partial charge in [0.1, 0.15) is 0 Å². The summed E-state index contributed by atoms with van der Waals surface area (Å²) in [6, 6.07) is 18.4. The molecule has 1 aliphatic carbocycles. The van der Waals surface area contributed by atoms with Crippen molar-refractivity contribution in [2.45, 2.75) is 71.4 Å². The van der Waals surface area contributed by atoms with Crippen molar-refractivity contribution in [1.29, 1.82) is 0 Å². The van der Waals surface area contributed by atoms with Crippen LogP contribution >= 0.6 is 0 Å². The molecule has 222 valence electrons. The van der Waals surface area contributed by atoms with Gasteiger partial charge in [0, 0.05) is 52.1 Å². The molecule has 0 radical (unpaired) electrons. The number of hydroxylamine groups is 2. The summed E-state index contributed by atoms with van der Waals surface area (Å²) in [5.74, 6) is 0.338.